The number of amides is 2. The monoisotopic (exact) mass is 269 g/mol. The van der Waals surface area contributed by atoms with E-state index in [2.05, 4.69) is 10.3 Å². The van der Waals surface area contributed by atoms with Gasteiger partial charge in [0.2, 0.25) is 5.89 Å². The largest absolute Gasteiger partial charge is 0.480 e. The van der Waals surface area contributed by atoms with Crippen LogP contribution in [0.2, 0.25) is 0 Å². The van der Waals surface area contributed by atoms with Gasteiger partial charge < -0.3 is 19.7 Å². The molecular weight excluding hydrogens is 250 g/mol. The van der Waals surface area contributed by atoms with Gasteiger partial charge in [0.15, 0.2) is 0 Å². The zero-order valence-corrected chi connectivity index (χ0v) is 11.8. The smallest absolute Gasteiger partial charge is 0.329 e. The summed E-state index contributed by atoms with van der Waals surface area (Å²) in [5.41, 5.74) is -0.518. The third kappa shape index (κ3) is 3.24. The summed E-state index contributed by atoms with van der Waals surface area (Å²) in [6.07, 6.45) is 0. The third-order valence-electron chi connectivity index (χ3n) is 3.13. The number of rotatable bonds is 4. The maximum absolute atomic E-state index is 11.8. The molecule has 0 aliphatic heterocycles. The van der Waals surface area contributed by atoms with Gasteiger partial charge in [0.25, 0.3) is 0 Å². The van der Waals surface area contributed by atoms with Crippen LogP contribution in [0, 0.1) is 13.8 Å². The molecule has 0 saturated carbocycles. The highest BCUT2D eigenvalue weighted by atomic mass is 16.4. The number of carboxylic acids is 1. The first-order valence-corrected chi connectivity index (χ1v) is 5.84. The fraction of sp³-hybridized carbons (Fsp3) is 0.583. The fourth-order valence-electron chi connectivity index (χ4n) is 1.28. The van der Waals surface area contributed by atoms with Crippen LogP contribution >= 0.6 is 0 Å². The molecule has 0 aliphatic carbocycles. The van der Waals surface area contributed by atoms with Crippen molar-refractivity contribution in [2.24, 2.45) is 0 Å². The van der Waals surface area contributed by atoms with Crippen molar-refractivity contribution in [3.05, 3.63) is 17.3 Å². The van der Waals surface area contributed by atoms with Crippen molar-refractivity contribution in [3.8, 4) is 0 Å². The molecular formula is C12H19N3O4. The standard InChI is InChI=1S/C12H19N3O4/c1-7-8(2)19-9(14-7)6-13-11(18)15(5)12(3,4)10(16)17/h6H2,1-5H3,(H,13,18)(H,16,17). The number of nitrogens with zero attached hydrogens (tertiary/aromatic N) is 2. The van der Waals surface area contributed by atoms with Gasteiger partial charge >= 0.3 is 12.0 Å². The second-order valence-corrected chi connectivity index (χ2v) is 4.83. The minimum Gasteiger partial charge on any atom is -0.480 e. The number of carbonyl (C=O) groups is 2. The van der Waals surface area contributed by atoms with E-state index >= 15 is 0 Å². The Labute approximate surface area is 111 Å². The molecule has 0 spiro atoms. The molecule has 0 radical (unpaired) electrons. The second-order valence-electron chi connectivity index (χ2n) is 4.83. The van der Waals surface area contributed by atoms with Gasteiger partial charge in [-0.25, -0.2) is 14.6 Å². The molecule has 2 N–H and O–H groups in total. The first-order valence-electron chi connectivity index (χ1n) is 5.84. The molecule has 0 fully saturated rings. The first kappa shape index (κ1) is 15.0. The molecule has 0 bridgehead atoms. The molecule has 1 rings (SSSR count). The molecule has 7 nitrogen and oxygen atoms in total. The normalized spacial score (nSPS) is 11.2. The van der Waals surface area contributed by atoms with Gasteiger partial charge in [-0.05, 0) is 27.7 Å². The van der Waals surface area contributed by atoms with Crippen LogP contribution in [0.25, 0.3) is 0 Å². The number of hydrogen-bond donors (Lipinski definition) is 2. The molecule has 0 saturated heterocycles. The Bertz CT molecular complexity index is 474. The summed E-state index contributed by atoms with van der Waals surface area (Å²) < 4.78 is 5.32. The summed E-state index contributed by atoms with van der Waals surface area (Å²) in [5, 5.41) is 11.6. The topological polar surface area (TPSA) is 95.7 Å². The number of aromatic nitrogens is 1. The highest BCUT2D eigenvalue weighted by Crippen LogP contribution is 2.13. The number of hydrogen-bond acceptors (Lipinski definition) is 4. The van der Waals surface area contributed by atoms with Crippen molar-refractivity contribution >= 4 is 12.0 Å². The van der Waals surface area contributed by atoms with Crippen LogP contribution in [0.15, 0.2) is 4.42 Å². The van der Waals surface area contributed by atoms with Gasteiger partial charge in [-0.2, -0.15) is 0 Å². The minimum absolute atomic E-state index is 0.119. The van der Waals surface area contributed by atoms with Gasteiger partial charge in [0.1, 0.15) is 11.3 Å². The lowest BCUT2D eigenvalue weighted by atomic mass is 10.1. The molecule has 0 aliphatic rings. The van der Waals surface area contributed by atoms with Gasteiger partial charge in [-0.15, -0.1) is 0 Å². The minimum atomic E-state index is -1.29. The molecule has 7 heteroatoms. The lowest BCUT2D eigenvalue weighted by Crippen LogP contribution is -2.53. The summed E-state index contributed by atoms with van der Waals surface area (Å²) >= 11 is 0. The number of carboxylic acid groups (broad SMARTS) is 1. The summed E-state index contributed by atoms with van der Waals surface area (Å²) in [6, 6.07) is -0.499. The zero-order chi connectivity index (χ0) is 14.8. The highest BCUT2D eigenvalue weighted by molar-refractivity contribution is 5.85. The van der Waals surface area contributed by atoms with Crippen molar-refractivity contribution < 1.29 is 19.1 Å². The fourth-order valence-corrected chi connectivity index (χ4v) is 1.28. The average Bonchev–Trinajstić information content (AvgIpc) is 2.64. The predicted octanol–water partition coefficient (Wildman–Crippen LogP) is 1.30. The van der Waals surface area contributed by atoms with Crippen LogP contribution < -0.4 is 5.32 Å². The van der Waals surface area contributed by atoms with E-state index in [1.165, 1.54) is 20.9 Å². The summed E-state index contributed by atoms with van der Waals surface area (Å²) in [7, 11) is 1.43. The van der Waals surface area contributed by atoms with Crippen molar-refractivity contribution in [3.63, 3.8) is 0 Å². The Kier molecular flexibility index (Phi) is 4.18. The van der Waals surface area contributed by atoms with Crippen LogP contribution in [-0.2, 0) is 11.3 Å². The number of aliphatic carboxylic acids is 1. The molecule has 2 amide bonds. The summed E-state index contributed by atoms with van der Waals surface area (Å²) in [4.78, 5) is 28.1. The van der Waals surface area contributed by atoms with Gasteiger partial charge in [-0.1, -0.05) is 0 Å². The van der Waals surface area contributed by atoms with E-state index in [9.17, 15) is 9.59 Å². The van der Waals surface area contributed by atoms with Crippen molar-refractivity contribution in [1.82, 2.24) is 15.2 Å². The van der Waals surface area contributed by atoms with Crippen molar-refractivity contribution in [2.45, 2.75) is 39.8 Å². The number of urea groups is 1. The van der Waals surface area contributed by atoms with E-state index in [0.29, 0.717) is 11.7 Å². The van der Waals surface area contributed by atoms with Crippen LogP contribution in [0.5, 0.6) is 0 Å². The van der Waals surface area contributed by atoms with E-state index in [0.717, 1.165) is 10.6 Å². The van der Waals surface area contributed by atoms with Crippen LogP contribution in [0.1, 0.15) is 31.2 Å². The average molecular weight is 269 g/mol. The lowest BCUT2D eigenvalue weighted by Gasteiger charge is -2.31. The Morgan fingerprint density at radius 1 is 1.42 bits per heavy atom. The molecule has 1 aromatic heterocycles. The summed E-state index contributed by atoms with van der Waals surface area (Å²) in [5.74, 6) is 0.0151. The summed E-state index contributed by atoms with van der Waals surface area (Å²) in [6.45, 7) is 6.62. The van der Waals surface area contributed by atoms with E-state index in [4.69, 9.17) is 9.52 Å². The Balaban J connectivity index is 2.63. The van der Waals surface area contributed by atoms with E-state index in [-0.39, 0.29) is 6.54 Å². The predicted molar refractivity (Wildman–Crippen MR) is 67.7 cm³/mol. The van der Waals surface area contributed by atoms with Crippen molar-refractivity contribution in [2.75, 3.05) is 7.05 Å². The van der Waals surface area contributed by atoms with E-state index < -0.39 is 17.5 Å². The van der Waals surface area contributed by atoms with Gasteiger partial charge in [0.05, 0.1) is 12.2 Å². The second kappa shape index (κ2) is 5.29. The molecule has 0 atom stereocenters. The number of carbonyl (C=O) groups excluding carboxylic acids is 1. The SMILES string of the molecule is Cc1nc(CNC(=O)N(C)C(C)(C)C(=O)O)oc1C. The lowest BCUT2D eigenvalue weighted by molar-refractivity contribution is -0.146. The molecule has 0 aromatic carbocycles. The number of oxazole rings is 1. The third-order valence-corrected chi connectivity index (χ3v) is 3.13. The van der Waals surface area contributed by atoms with Crippen molar-refractivity contribution in [1.29, 1.82) is 0 Å². The van der Waals surface area contributed by atoms with Crippen LogP contribution in [-0.4, -0.2) is 39.6 Å². The highest BCUT2D eigenvalue weighted by Gasteiger charge is 2.35. The van der Waals surface area contributed by atoms with Crippen LogP contribution in [0.3, 0.4) is 0 Å². The Morgan fingerprint density at radius 2 is 2.00 bits per heavy atom. The zero-order valence-electron chi connectivity index (χ0n) is 11.8. The quantitative estimate of drug-likeness (QED) is 0.858. The number of nitrogens with one attached hydrogen (secondary N) is 1. The molecule has 1 heterocycles. The molecule has 106 valence electrons. The molecule has 19 heavy (non-hydrogen) atoms. The maximum Gasteiger partial charge on any atom is 0.329 e. The molecule has 1 aromatic rings. The van der Waals surface area contributed by atoms with E-state index in [1.807, 2.05) is 6.92 Å². The Morgan fingerprint density at radius 3 is 2.42 bits per heavy atom. The van der Waals surface area contributed by atoms with Gasteiger partial charge in [-0.3, -0.25) is 0 Å². The van der Waals surface area contributed by atoms with Crippen LogP contribution in [0.4, 0.5) is 4.79 Å². The molecule has 0 unspecified atom stereocenters. The first-order chi connectivity index (χ1) is 8.66. The number of likely N-dealkylation sites (N-methyl/N-ethyl adjacent to an activating group) is 1. The van der Waals surface area contributed by atoms with E-state index in [1.54, 1.807) is 6.92 Å². The maximum atomic E-state index is 11.8. The Hall–Kier alpha value is -2.05. The van der Waals surface area contributed by atoms with Gasteiger partial charge in [0, 0.05) is 7.05 Å². The number of aryl methyl sites for hydroxylation is 2.